The first kappa shape index (κ1) is 9.70. The molecule has 1 aromatic carbocycles. The number of hydrogen-bond acceptors (Lipinski definition) is 3. The second-order valence-electron chi connectivity index (χ2n) is 2.44. The Balaban J connectivity index is 2.55. The zero-order valence-electron chi connectivity index (χ0n) is 7.23. The standard InChI is InChI=1S/C9H11NO3/c1-13-9(12)8(11)10-7-5-3-2-4-6-7/h2-6,9,12H,1H3,(H,10,11). The Kier molecular flexibility index (Phi) is 3.42. The first-order chi connectivity index (χ1) is 6.24. The molecule has 0 aromatic heterocycles. The van der Waals surface area contributed by atoms with Gasteiger partial charge in [-0.25, -0.2) is 0 Å². The highest BCUT2D eigenvalue weighted by Crippen LogP contribution is 2.05. The third-order valence-corrected chi connectivity index (χ3v) is 1.49. The predicted molar refractivity (Wildman–Crippen MR) is 48.1 cm³/mol. The van der Waals surface area contributed by atoms with Crippen LogP contribution < -0.4 is 5.32 Å². The van der Waals surface area contributed by atoms with Crippen molar-refractivity contribution in [2.75, 3.05) is 12.4 Å². The molecule has 0 aliphatic carbocycles. The molecule has 1 atom stereocenters. The lowest BCUT2D eigenvalue weighted by atomic mass is 10.3. The van der Waals surface area contributed by atoms with Gasteiger partial charge < -0.3 is 15.2 Å². The number of rotatable bonds is 3. The van der Waals surface area contributed by atoms with Crippen LogP contribution in [0, 0.1) is 0 Å². The molecular formula is C9H11NO3. The van der Waals surface area contributed by atoms with Crippen molar-refractivity contribution in [2.24, 2.45) is 0 Å². The highest BCUT2D eigenvalue weighted by molar-refractivity contribution is 5.92. The molecule has 0 saturated heterocycles. The maximum atomic E-state index is 11.1. The van der Waals surface area contributed by atoms with Crippen LogP contribution in [-0.4, -0.2) is 24.4 Å². The molecule has 0 aliphatic rings. The quantitative estimate of drug-likeness (QED) is 0.671. The summed E-state index contributed by atoms with van der Waals surface area (Å²) in [6.45, 7) is 0. The fourth-order valence-electron chi connectivity index (χ4n) is 0.833. The summed E-state index contributed by atoms with van der Waals surface area (Å²) in [5, 5.41) is 11.4. The van der Waals surface area contributed by atoms with Crippen molar-refractivity contribution in [1.29, 1.82) is 0 Å². The van der Waals surface area contributed by atoms with E-state index in [1.54, 1.807) is 24.3 Å². The number of nitrogens with one attached hydrogen (secondary N) is 1. The number of carbonyl (C=O) groups is 1. The Hall–Kier alpha value is -1.39. The highest BCUT2D eigenvalue weighted by Gasteiger charge is 2.12. The van der Waals surface area contributed by atoms with Crippen molar-refractivity contribution in [3.63, 3.8) is 0 Å². The maximum Gasteiger partial charge on any atom is 0.281 e. The van der Waals surface area contributed by atoms with Crippen LogP contribution in [0.15, 0.2) is 30.3 Å². The minimum Gasteiger partial charge on any atom is -0.361 e. The molecule has 0 radical (unpaired) electrons. The first-order valence-corrected chi connectivity index (χ1v) is 3.81. The van der Waals surface area contributed by atoms with Crippen molar-refractivity contribution in [3.8, 4) is 0 Å². The fraction of sp³-hybridized carbons (Fsp3) is 0.222. The van der Waals surface area contributed by atoms with E-state index in [4.69, 9.17) is 5.11 Å². The van der Waals surface area contributed by atoms with E-state index in [0.29, 0.717) is 5.69 Å². The van der Waals surface area contributed by atoms with Gasteiger partial charge in [-0.3, -0.25) is 4.79 Å². The minimum atomic E-state index is -1.42. The lowest BCUT2D eigenvalue weighted by Gasteiger charge is -2.08. The van der Waals surface area contributed by atoms with Gasteiger partial charge in [-0.15, -0.1) is 0 Å². The number of amides is 1. The molecule has 13 heavy (non-hydrogen) atoms. The molecule has 0 fully saturated rings. The van der Waals surface area contributed by atoms with E-state index >= 15 is 0 Å². The Labute approximate surface area is 76.1 Å². The summed E-state index contributed by atoms with van der Waals surface area (Å²) in [6, 6.07) is 8.85. The van der Waals surface area contributed by atoms with Crippen molar-refractivity contribution < 1.29 is 14.6 Å². The number of aliphatic hydroxyl groups is 1. The number of para-hydroxylation sites is 1. The van der Waals surface area contributed by atoms with Gasteiger partial charge in [-0.05, 0) is 12.1 Å². The van der Waals surface area contributed by atoms with Gasteiger partial charge in [-0.2, -0.15) is 0 Å². The summed E-state index contributed by atoms with van der Waals surface area (Å²) in [5.41, 5.74) is 0.628. The molecule has 0 spiro atoms. The van der Waals surface area contributed by atoms with Crippen molar-refractivity contribution >= 4 is 11.6 Å². The SMILES string of the molecule is COC(O)C(=O)Nc1ccccc1. The zero-order valence-corrected chi connectivity index (χ0v) is 7.23. The Bertz CT molecular complexity index is 273. The van der Waals surface area contributed by atoms with E-state index in [2.05, 4.69) is 10.1 Å². The predicted octanol–water partition coefficient (Wildman–Crippen LogP) is 0.590. The number of anilines is 1. The van der Waals surface area contributed by atoms with Crippen LogP contribution >= 0.6 is 0 Å². The van der Waals surface area contributed by atoms with Gasteiger partial charge in [0.15, 0.2) is 0 Å². The highest BCUT2D eigenvalue weighted by atomic mass is 16.6. The molecule has 70 valence electrons. The lowest BCUT2D eigenvalue weighted by molar-refractivity contribution is -0.146. The van der Waals surface area contributed by atoms with Crippen LogP contribution in [0.3, 0.4) is 0 Å². The topological polar surface area (TPSA) is 58.6 Å². The van der Waals surface area contributed by atoms with Gasteiger partial charge in [0.1, 0.15) is 0 Å². The maximum absolute atomic E-state index is 11.1. The number of hydrogen-bond donors (Lipinski definition) is 2. The number of methoxy groups -OCH3 is 1. The summed E-state index contributed by atoms with van der Waals surface area (Å²) < 4.78 is 4.43. The molecule has 0 saturated carbocycles. The normalized spacial score (nSPS) is 12.2. The molecule has 1 aromatic rings. The van der Waals surface area contributed by atoms with Crippen LogP contribution in [0.5, 0.6) is 0 Å². The smallest absolute Gasteiger partial charge is 0.281 e. The molecule has 1 rings (SSSR count). The van der Waals surface area contributed by atoms with Crippen molar-refractivity contribution in [3.05, 3.63) is 30.3 Å². The molecule has 0 heterocycles. The Morgan fingerprint density at radius 1 is 1.46 bits per heavy atom. The second-order valence-corrected chi connectivity index (χ2v) is 2.44. The fourth-order valence-corrected chi connectivity index (χ4v) is 0.833. The van der Waals surface area contributed by atoms with Gasteiger partial charge in [-0.1, -0.05) is 18.2 Å². The molecular weight excluding hydrogens is 170 g/mol. The third kappa shape index (κ3) is 2.85. The van der Waals surface area contributed by atoms with Gasteiger partial charge in [0.2, 0.25) is 6.29 Å². The van der Waals surface area contributed by atoms with Crippen LogP contribution in [0.1, 0.15) is 0 Å². The minimum absolute atomic E-state index is 0.575. The van der Waals surface area contributed by atoms with E-state index in [1.807, 2.05) is 6.07 Å². The van der Waals surface area contributed by atoms with E-state index in [1.165, 1.54) is 7.11 Å². The molecule has 0 aliphatic heterocycles. The van der Waals surface area contributed by atoms with Crippen LogP contribution in [0.4, 0.5) is 5.69 Å². The van der Waals surface area contributed by atoms with Gasteiger partial charge >= 0.3 is 0 Å². The monoisotopic (exact) mass is 181 g/mol. The van der Waals surface area contributed by atoms with Crippen molar-refractivity contribution in [2.45, 2.75) is 6.29 Å². The van der Waals surface area contributed by atoms with E-state index < -0.39 is 12.2 Å². The molecule has 1 unspecified atom stereocenters. The van der Waals surface area contributed by atoms with Crippen LogP contribution in [0.25, 0.3) is 0 Å². The summed E-state index contributed by atoms with van der Waals surface area (Å²) in [4.78, 5) is 11.1. The van der Waals surface area contributed by atoms with Gasteiger partial charge in [0, 0.05) is 12.8 Å². The summed E-state index contributed by atoms with van der Waals surface area (Å²) in [7, 11) is 1.26. The molecule has 4 nitrogen and oxygen atoms in total. The second kappa shape index (κ2) is 4.59. The van der Waals surface area contributed by atoms with Crippen molar-refractivity contribution in [1.82, 2.24) is 0 Å². The average Bonchev–Trinajstić information content (AvgIpc) is 2.18. The summed E-state index contributed by atoms with van der Waals surface area (Å²) in [6.07, 6.45) is -1.42. The number of aliphatic hydroxyl groups excluding tert-OH is 1. The third-order valence-electron chi connectivity index (χ3n) is 1.49. The van der Waals surface area contributed by atoms with E-state index in [0.717, 1.165) is 0 Å². The first-order valence-electron chi connectivity index (χ1n) is 3.81. The van der Waals surface area contributed by atoms with Gasteiger partial charge in [0.05, 0.1) is 0 Å². The lowest BCUT2D eigenvalue weighted by Crippen LogP contribution is -2.28. The Morgan fingerprint density at radius 3 is 2.62 bits per heavy atom. The zero-order chi connectivity index (χ0) is 9.68. The number of carbonyl (C=O) groups excluding carboxylic acids is 1. The Morgan fingerprint density at radius 2 is 2.08 bits per heavy atom. The molecule has 0 bridgehead atoms. The number of benzene rings is 1. The largest absolute Gasteiger partial charge is 0.361 e. The summed E-state index contributed by atoms with van der Waals surface area (Å²) in [5.74, 6) is -0.575. The molecule has 2 N–H and O–H groups in total. The van der Waals surface area contributed by atoms with Crippen LogP contribution in [0.2, 0.25) is 0 Å². The van der Waals surface area contributed by atoms with E-state index in [-0.39, 0.29) is 0 Å². The van der Waals surface area contributed by atoms with E-state index in [9.17, 15) is 4.79 Å². The number of ether oxygens (including phenoxy) is 1. The van der Waals surface area contributed by atoms with Gasteiger partial charge in [0.25, 0.3) is 5.91 Å². The molecule has 1 amide bonds. The summed E-state index contributed by atoms with van der Waals surface area (Å²) >= 11 is 0. The molecule has 4 heteroatoms. The van der Waals surface area contributed by atoms with Crippen LogP contribution in [-0.2, 0) is 9.53 Å². The average molecular weight is 181 g/mol.